The van der Waals surface area contributed by atoms with Gasteiger partial charge in [0.15, 0.2) is 11.5 Å². The molecule has 0 aliphatic carbocycles. The van der Waals surface area contributed by atoms with Crippen molar-refractivity contribution in [2.24, 2.45) is 0 Å². The molecule has 0 aliphatic rings. The predicted molar refractivity (Wildman–Crippen MR) is 100 cm³/mol. The summed E-state index contributed by atoms with van der Waals surface area (Å²) in [4.78, 5) is 0. The number of hydrogen-bond donors (Lipinski definition) is 1. The van der Waals surface area contributed by atoms with Crippen molar-refractivity contribution in [3.05, 3.63) is 57.6 Å². The summed E-state index contributed by atoms with van der Waals surface area (Å²) < 4.78 is 11.5. The molecule has 0 saturated carbocycles. The summed E-state index contributed by atoms with van der Waals surface area (Å²) in [6, 6.07) is 11.7. The Morgan fingerprint density at radius 2 is 1.75 bits per heavy atom. The van der Waals surface area contributed by atoms with Crippen LogP contribution in [0.15, 0.2) is 36.4 Å². The van der Waals surface area contributed by atoms with Crippen LogP contribution in [-0.4, -0.2) is 13.2 Å². The molecule has 0 radical (unpaired) electrons. The van der Waals surface area contributed by atoms with Crippen molar-refractivity contribution in [2.45, 2.75) is 39.5 Å². The van der Waals surface area contributed by atoms with E-state index in [1.165, 1.54) is 0 Å². The van der Waals surface area contributed by atoms with E-state index in [0.717, 1.165) is 17.5 Å². The van der Waals surface area contributed by atoms with E-state index in [9.17, 15) is 0 Å². The van der Waals surface area contributed by atoms with Crippen molar-refractivity contribution in [1.29, 1.82) is 0 Å². The van der Waals surface area contributed by atoms with Gasteiger partial charge in [-0.15, -0.1) is 0 Å². The molecule has 0 bridgehead atoms. The Morgan fingerprint density at radius 1 is 1.08 bits per heavy atom. The molecule has 0 aromatic heterocycles. The Labute approximate surface area is 153 Å². The first-order valence-corrected chi connectivity index (χ1v) is 8.77. The number of methoxy groups -OCH3 is 1. The molecule has 3 nitrogen and oxygen atoms in total. The van der Waals surface area contributed by atoms with Crippen LogP contribution in [0.2, 0.25) is 10.0 Å². The molecule has 5 heteroatoms. The van der Waals surface area contributed by atoms with Gasteiger partial charge in [-0.2, -0.15) is 0 Å². The van der Waals surface area contributed by atoms with E-state index < -0.39 is 0 Å². The summed E-state index contributed by atoms with van der Waals surface area (Å²) in [7, 11) is 1.64. The number of para-hydroxylation sites is 1. The first-order valence-electron chi connectivity index (χ1n) is 8.01. The van der Waals surface area contributed by atoms with Crippen molar-refractivity contribution in [3.63, 3.8) is 0 Å². The minimum atomic E-state index is 0.287. The van der Waals surface area contributed by atoms with Gasteiger partial charge in [-0.1, -0.05) is 48.3 Å². The molecule has 2 aromatic carbocycles. The molecule has 0 fully saturated rings. The largest absolute Gasteiger partial charge is 0.493 e. The highest BCUT2D eigenvalue weighted by molar-refractivity contribution is 6.35. The summed E-state index contributed by atoms with van der Waals surface area (Å²) in [5.74, 6) is 1.41. The zero-order valence-electron chi connectivity index (χ0n) is 14.2. The van der Waals surface area contributed by atoms with Crippen molar-refractivity contribution >= 4 is 23.2 Å². The van der Waals surface area contributed by atoms with Crippen molar-refractivity contribution < 1.29 is 9.47 Å². The maximum absolute atomic E-state index is 6.22. The normalized spacial score (nSPS) is 12.0. The lowest BCUT2D eigenvalue weighted by atomic mass is 10.1. The molecule has 130 valence electrons. The second-order valence-electron chi connectivity index (χ2n) is 5.63. The Bertz CT molecular complexity index is 656. The van der Waals surface area contributed by atoms with Crippen LogP contribution < -0.4 is 14.8 Å². The van der Waals surface area contributed by atoms with Gasteiger partial charge in [0, 0.05) is 33.8 Å². The smallest absolute Gasteiger partial charge is 0.166 e. The minimum absolute atomic E-state index is 0.287. The first kappa shape index (κ1) is 18.9. The number of benzene rings is 2. The van der Waals surface area contributed by atoms with Gasteiger partial charge in [-0.25, -0.2) is 0 Å². The third-order valence-corrected chi connectivity index (χ3v) is 4.66. The van der Waals surface area contributed by atoms with Gasteiger partial charge in [-0.3, -0.25) is 0 Å². The monoisotopic (exact) mass is 367 g/mol. The maximum Gasteiger partial charge on any atom is 0.166 e. The standard InChI is InChI=1S/C19H23Cl2NO2/c1-4-13(2)22-11-14-7-5-10-18(23-3)19(14)24-12-15-16(20)8-6-9-17(15)21/h5-10,13,22H,4,11-12H2,1-3H3/t13-/m1/s1. The number of ether oxygens (including phenoxy) is 2. The van der Waals surface area contributed by atoms with E-state index in [4.69, 9.17) is 32.7 Å². The Kier molecular flexibility index (Phi) is 7.22. The van der Waals surface area contributed by atoms with Crippen LogP contribution in [-0.2, 0) is 13.2 Å². The van der Waals surface area contributed by atoms with E-state index >= 15 is 0 Å². The summed E-state index contributed by atoms with van der Waals surface area (Å²) >= 11 is 12.4. The number of halogens is 2. The number of rotatable bonds is 8. The molecule has 0 heterocycles. The summed E-state index contributed by atoms with van der Waals surface area (Å²) in [6.45, 7) is 5.30. The van der Waals surface area contributed by atoms with E-state index in [2.05, 4.69) is 19.2 Å². The molecule has 2 rings (SSSR count). The lowest BCUT2D eigenvalue weighted by Gasteiger charge is -2.18. The van der Waals surface area contributed by atoms with E-state index in [0.29, 0.717) is 34.1 Å². The minimum Gasteiger partial charge on any atom is -0.493 e. The fraction of sp³-hybridized carbons (Fsp3) is 0.368. The van der Waals surface area contributed by atoms with Gasteiger partial charge < -0.3 is 14.8 Å². The van der Waals surface area contributed by atoms with Crippen LogP contribution in [0.25, 0.3) is 0 Å². The molecule has 1 atom stereocenters. The Morgan fingerprint density at radius 3 is 2.38 bits per heavy atom. The van der Waals surface area contributed by atoms with Crippen LogP contribution in [0.1, 0.15) is 31.4 Å². The summed E-state index contributed by atoms with van der Waals surface area (Å²) in [5.41, 5.74) is 1.81. The average molecular weight is 368 g/mol. The fourth-order valence-electron chi connectivity index (χ4n) is 2.27. The van der Waals surface area contributed by atoms with Crippen LogP contribution in [0.3, 0.4) is 0 Å². The Balaban J connectivity index is 2.21. The highest BCUT2D eigenvalue weighted by atomic mass is 35.5. The molecule has 2 aromatic rings. The highest BCUT2D eigenvalue weighted by Crippen LogP contribution is 2.33. The van der Waals surface area contributed by atoms with E-state index in [-0.39, 0.29) is 6.61 Å². The van der Waals surface area contributed by atoms with Crippen molar-refractivity contribution in [3.8, 4) is 11.5 Å². The van der Waals surface area contributed by atoms with Gasteiger partial charge in [-0.05, 0) is 31.5 Å². The lowest BCUT2D eigenvalue weighted by Crippen LogP contribution is -2.24. The molecule has 0 aliphatic heterocycles. The number of nitrogens with one attached hydrogen (secondary N) is 1. The summed E-state index contributed by atoms with van der Waals surface area (Å²) in [6.07, 6.45) is 1.06. The maximum atomic E-state index is 6.22. The van der Waals surface area contributed by atoms with Crippen LogP contribution in [0.4, 0.5) is 0 Å². The second-order valence-corrected chi connectivity index (χ2v) is 6.44. The van der Waals surface area contributed by atoms with E-state index in [1.807, 2.05) is 24.3 Å². The third-order valence-electron chi connectivity index (χ3n) is 3.96. The SMILES string of the molecule is CC[C@@H](C)NCc1cccc(OC)c1OCc1c(Cl)cccc1Cl. The van der Waals surface area contributed by atoms with E-state index in [1.54, 1.807) is 19.2 Å². The van der Waals surface area contributed by atoms with Gasteiger partial charge in [0.05, 0.1) is 7.11 Å². The highest BCUT2D eigenvalue weighted by Gasteiger charge is 2.13. The predicted octanol–water partition coefficient (Wildman–Crippen LogP) is 5.47. The number of hydrogen-bond acceptors (Lipinski definition) is 3. The molecule has 0 amide bonds. The third kappa shape index (κ3) is 4.79. The summed E-state index contributed by atoms with van der Waals surface area (Å²) in [5, 5.41) is 4.66. The molecular formula is C19H23Cl2NO2. The zero-order chi connectivity index (χ0) is 17.5. The zero-order valence-corrected chi connectivity index (χ0v) is 15.7. The lowest BCUT2D eigenvalue weighted by molar-refractivity contribution is 0.280. The van der Waals surface area contributed by atoms with Crippen molar-refractivity contribution in [1.82, 2.24) is 5.32 Å². The molecule has 0 unspecified atom stereocenters. The quantitative estimate of drug-likeness (QED) is 0.670. The van der Waals surface area contributed by atoms with Gasteiger partial charge in [0.1, 0.15) is 6.61 Å². The van der Waals surface area contributed by atoms with Crippen LogP contribution in [0, 0.1) is 0 Å². The van der Waals surface area contributed by atoms with Crippen molar-refractivity contribution in [2.75, 3.05) is 7.11 Å². The topological polar surface area (TPSA) is 30.5 Å². The van der Waals surface area contributed by atoms with Crippen LogP contribution in [0.5, 0.6) is 11.5 Å². The first-order chi connectivity index (χ1) is 11.6. The molecular weight excluding hydrogens is 345 g/mol. The molecule has 1 N–H and O–H groups in total. The van der Waals surface area contributed by atoms with Crippen LogP contribution >= 0.6 is 23.2 Å². The fourth-order valence-corrected chi connectivity index (χ4v) is 2.77. The second kappa shape index (κ2) is 9.16. The molecule has 24 heavy (non-hydrogen) atoms. The average Bonchev–Trinajstić information content (AvgIpc) is 2.59. The molecule has 0 saturated heterocycles. The van der Waals surface area contributed by atoms with Gasteiger partial charge >= 0.3 is 0 Å². The molecule has 0 spiro atoms. The Hall–Kier alpha value is -1.42. The van der Waals surface area contributed by atoms with Gasteiger partial charge in [0.25, 0.3) is 0 Å². The van der Waals surface area contributed by atoms with Gasteiger partial charge in [0.2, 0.25) is 0 Å².